The zero-order valence-electron chi connectivity index (χ0n) is 11.5. The number of rotatable bonds is 6. The van der Waals surface area contributed by atoms with E-state index in [0.717, 1.165) is 4.88 Å². The summed E-state index contributed by atoms with van der Waals surface area (Å²) in [6.45, 7) is 5.06. The highest BCUT2D eigenvalue weighted by molar-refractivity contribution is 7.93. The van der Waals surface area contributed by atoms with Gasteiger partial charge in [-0.2, -0.15) is 5.26 Å². The number of sulfonamides is 1. The summed E-state index contributed by atoms with van der Waals surface area (Å²) in [6, 6.07) is 3.27. The van der Waals surface area contributed by atoms with Crippen molar-refractivity contribution in [3.05, 3.63) is 16.5 Å². The molecule has 0 aliphatic heterocycles. The van der Waals surface area contributed by atoms with Crippen LogP contribution in [0.25, 0.3) is 0 Å². The van der Waals surface area contributed by atoms with Crippen molar-refractivity contribution >= 4 is 32.3 Å². The topological polar surface area (TPSA) is 96.3 Å². The molecule has 1 atom stereocenters. The molecule has 1 rings (SSSR count). The van der Waals surface area contributed by atoms with E-state index in [2.05, 4.69) is 4.72 Å². The Kier molecular flexibility index (Phi) is 5.53. The van der Waals surface area contributed by atoms with Gasteiger partial charge in [0.1, 0.15) is 5.00 Å². The van der Waals surface area contributed by atoms with Crippen molar-refractivity contribution in [2.24, 2.45) is 0 Å². The quantitative estimate of drug-likeness (QED) is 0.811. The molecule has 0 saturated heterocycles. The number of hydrogen-bond acceptors (Lipinski definition) is 6. The summed E-state index contributed by atoms with van der Waals surface area (Å²) in [5, 5.41) is 7.70. The number of carbonyl (C=O) groups is 1. The second kappa shape index (κ2) is 6.72. The molecular formula is C12H16N2O4S2. The Labute approximate surface area is 122 Å². The third-order valence-corrected chi connectivity index (χ3v) is 5.36. The molecule has 1 aromatic rings. The highest BCUT2D eigenvalue weighted by atomic mass is 32.2. The number of nitrogens with one attached hydrogen (secondary N) is 1. The molecule has 0 spiro atoms. The molecule has 6 nitrogen and oxygen atoms in total. The molecule has 1 heterocycles. The van der Waals surface area contributed by atoms with Crippen molar-refractivity contribution in [3.8, 4) is 6.07 Å². The minimum Gasteiger partial charge on any atom is -0.462 e. The minimum atomic E-state index is -3.84. The molecule has 0 saturated carbocycles. The van der Waals surface area contributed by atoms with Crippen LogP contribution in [0.2, 0.25) is 0 Å². The van der Waals surface area contributed by atoms with Gasteiger partial charge >= 0.3 is 5.97 Å². The molecule has 0 fully saturated rings. The van der Waals surface area contributed by atoms with Gasteiger partial charge in [-0.3, -0.25) is 4.72 Å². The van der Waals surface area contributed by atoms with Gasteiger partial charge in [-0.05, 0) is 26.3 Å². The third-order valence-electron chi connectivity index (χ3n) is 2.51. The fourth-order valence-electron chi connectivity index (χ4n) is 1.34. The highest BCUT2D eigenvalue weighted by Crippen LogP contribution is 2.30. The lowest BCUT2D eigenvalue weighted by molar-refractivity contribution is 0.0528. The largest absolute Gasteiger partial charge is 0.462 e. The number of aryl methyl sites for hydroxylation is 1. The lowest BCUT2D eigenvalue weighted by Gasteiger charge is -2.09. The summed E-state index contributed by atoms with van der Waals surface area (Å²) < 4.78 is 31.0. The van der Waals surface area contributed by atoms with E-state index in [1.165, 1.54) is 18.3 Å². The van der Waals surface area contributed by atoms with Crippen LogP contribution in [0, 0.1) is 11.3 Å². The van der Waals surface area contributed by atoms with Crippen molar-refractivity contribution in [3.63, 3.8) is 0 Å². The van der Waals surface area contributed by atoms with E-state index < -0.39 is 21.2 Å². The fraction of sp³-hybridized carbons (Fsp3) is 0.500. The van der Waals surface area contributed by atoms with E-state index in [9.17, 15) is 13.2 Å². The van der Waals surface area contributed by atoms with E-state index in [4.69, 9.17) is 10.00 Å². The maximum absolute atomic E-state index is 11.9. The third kappa shape index (κ3) is 3.71. The van der Waals surface area contributed by atoms with Crippen molar-refractivity contribution in [2.75, 3.05) is 11.3 Å². The summed E-state index contributed by atoms with van der Waals surface area (Å²) in [6.07, 6.45) is 0.673. The van der Waals surface area contributed by atoms with Crippen molar-refractivity contribution < 1.29 is 17.9 Å². The standard InChI is InChI=1S/C12H16N2O4S2/c1-4-9-6-10(12(15)18-5-2)11(19-9)14-20(16,17)8(3)7-13/h6,8,14H,4-5H2,1-3H3. The van der Waals surface area contributed by atoms with Gasteiger partial charge in [0.2, 0.25) is 10.0 Å². The van der Waals surface area contributed by atoms with Crippen LogP contribution in [-0.4, -0.2) is 26.2 Å². The normalized spacial score (nSPS) is 12.5. The molecule has 110 valence electrons. The molecule has 8 heteroatoms. The predicted molar refractivity (Wildman–Crippen MR) is 77.3 cm³/mol. The Balaban J connectivity index is 3.15. The number of thiophene rings is 1. The fourth-order valence-corrected chi connectivity index (χ4v) is 3.37. The van der Waals surface area contributed by atoms with Gasteiger partial charge in [-0.25, -0.2) is 13.2 Å². The zero-order valence-corrected chi connectivity index (χ0v) is 13.1. The van der Waals surface area contributed by atoms with Crippen molar-refractivity contribution in [2.45, 2.75) is 32.4 Å². The Morgan fingerprint density at radius 2 is 2.20 bits per heavy atom. The van der Waals surface area contributed by atoms with Gasteiger partial charge in [0.15, 0.2) is 5.25 Å². The lowest BCUT2D eigenvalue weighted by atomic mass is 10.2. The SMILES string of the molecule is CCOC(=O)c1cc(CC)sc1NS(=O)(=O)C(C)C#N. The van der Waals surface area contributed by atoms with Crippen LogP contribution in [0.3, 0.4) is 0 Å². The summed E-state index contributed by atoms with van der Waals surface area (Å²) in [7, 11) is -3.84. The first-order chi connectivity index (χ1) is 9.35. The van der Waals surface area contributed by atoms with E-state index >= 15 is 0 Å². The average Bonchev–Trinajstić information content (AvgIpc) is 2.80. The average molecular weight is 316 g/mol. The van der Waals surface area contributed by atoms with Crippen LogP contribution >= 0.6 is 11.3 Å². The van der Waals surface area contributed by atoms with E-state index in [0.29, 0.717) is 6.42 Å². The van der Waals surface area contributed by atoms with Gasteiger partial charge in [-0.15, -0.1) is 11.3 Å². The van der Waals surface area contributed by atoms with E-state index in [1.54, 1.807) is 19.1 Å². The number of carbonyl (C=O) groups excluding carboxylic acids is 1. The van der Waals surface area contributed by atoms with Crippen LogP contribution in [-0.2, 0) is 21.2 Å². The molecule has 1 aromatic heterocycles. The molecule has 0 aliphatic carbocycles. The van der Waals surface area contributed by atoms with Crippen LogP contribution in [0.5, 0.6) is 0 Å². The molecule has 1 N–H and O–H groups in total. The van der Waals surface area contributed by atoms with Crippen LogP contribution < -0.4 is 4.72 Å². The van der Waals surface area contributed by atoms with Crippen molar-refractivity contribution in [1.82, 2.24) is 0 Å². The zero-order chi connectivity index (χ0) is 15.3. The van der Waals surface area contributed by atoms with Gasteiger partial charge in [-0.1, -0.05) is 6.92 Å². The molecule has 0 amide bonds. The first-order valence-corrected chi connectivity index (χ1v) is 8.43. The summed E-state index contributed by atoms with van der Waals surface area (Å²) in [4.78, 5) is 12.7. The number of hydrogen-bond donors (Lipinski definition) is 1. The Bertz CT molecular complexity index is 628. The maximum Gasteiger partial charge on any atom is 0.341 e. The van der Waals surface area contributed by atoms with Gasteiger partial charge in [0.25, 0.3) is 0 Å². The minimum absolute atomic E-state index is 0.183. The van der Waals surface area contributed by atoms with Gasteiger partial charge in [0, 0.05) is 4.88 Å². The first kappa shape index (κ1) is 16.5. The second-order valence-corrected chi connectivity index (χ2v) is 7.09. The van der Waals surface area contributed by atoms with Crippen molar-refractivity contribution in [1.29, 1.82) is 5.26 Å². The highest BCUT2D eigenvalue weighted by Gasteiger charge is 2.25. The van der Waals surface area contributed by atoms with Crippen LogP contribution in [0.15, 0.2) is 6.07 Å². The lowest BCUT2D eigenvalue weighted by Crippen LogP contribution is -2.24. The van der Waals surface area contributed by atoms with E-state index in [-0.39, 0.29) is 17.2 Å². The molecule has 0 radical (unpaired) electrons. The Morgan fingerprint density at radius 1 is 1.55 bits per heavy atom. The Hall–Kier alpha value is -1.59. The molecule has 20 heavy (non-hydrogen) atoms. The van der Waals surface area contributed by atoms with Gasteiger partial charge in [0.05, 0.1) is 18.2 Å². The van der Waals surface area contributed by atoms with E-state index in [1.807, 2.05) is 6.92 Å². The number of anilines is 1. The Morgan fingerprint density at radius 3 is 2.70 bits per heavy atom. The molecule has 1 unspecified atom stereocenters. The summed E-state index contributed by atoms with van der Waals surface area (Å²) in [5.41, 5.74) is 0.183. The number of ether oxygens (including phenoxy) is 1. The molecule has 0 aliphatic rings. The van der Waals surface area contributed by atoms with Gasteiger partial charge < -0.3 is 4.74 Å². The van der Waals surface area contributed by atoms with Crippen LogP contribution in [0.4, 0.5) is 5.00 Å². The number of esters is 1. The maximum atomic E-state index is 11.9. The predicted octanol–water partition coefficient (Wildman–Crippen LogP) is 2.14. The number of nitriles is 1. The summed E-state index contributed by atoms with van der Waals surface area (Å²) in [5.74, 6) is -0.578. The monoisotopic (exact) mass is 316 g/mol. The summed E-state index contributed by atoms with van der Waals surface area (Å²) >= 11 is 1.17. The van der Waals surface area contributed by atoms with Crippen LogP contribution in [0.1, 0.15) is 36.0 Å². The molecule has 0 bridgehead atoms. The molecule has 0 aromatic carbocycles. The first-order valence-electron chi connectivity index (χ1n) is 6.06. The number of nitrogens with zero attached hydrogens (tertiary/aromatic N) is 1. The second-order valence-electron chi connectivity index (χ2n) is 3.95. The molecular weight excluding hydrogens is 300 g/mol. The smallest absolute Gasteiger partial charge is 0.341 e.